The van der Waals surface area contributed by atoms with Crippen molar-refractivity contribution < 1.29 is 4.42 Å². The average Bonchev–Trinajstić information content (AvgIpc) is 3.55. The van der Waals surface area contributed by atoms with Crippen LogP contribution in [0.25, 0.3) is 98.8 Å². The number of para-hydroxylation sites is 1. The zero-order valence-electron chi connectivity index (χ0n) is 26.7. The van der Waals surface area contributed by atoms with E-state index in [4.69, 9.17) is 4.42 Å². The number of furan rings is 1. The molecule has 9 aromatic carbocycles. The number of benzene rings is 9. The zero-order chi connectivity index (χ0) is 32.3. The van der Waals surface area contributed by atoms with E-state index in [-0.39, 0.29) is 0 Å². The topological polar surface area (TPSA) is 13.1 Å². The van der Waals surface area contributed by atoms with Crippen molar-refractivity contribution in [3.05, 3.63) is 182 Å². The van der Waals surface area contributed by atoms with E-state index in [0.717, 1.165) is 27.5 Å². The summed E-state index contributed by atoms with van der Waals surface area (Å²) >= 11 is 0. The Morgan fingerprint density at radius 3 is 1.35 bits per heavy atom. The minimum absolute atomic E-state index is 0.908. The summed E-state index contributed by atoms with van der Waals surface area (Å²) in [6, 6.07) is 65.8. The molecule has 0 fully saturated rings. The Kier molecular flexibility index (Phi) is 6.25. The Balaban J connectivity index is 1.33. The molecule has 0 N–H and O–H groups in total. The Labute approximate surface area is 284 Å². The summed E-state index contributed by atoms with van der Waals surface area (Å²) in [7, 11) is 0. The van der Waals surface area contributed by atoms with Crippen LogP contribution in [0, 0.1) is 0 Å². The summed E-state index contributed by atoms with van der Waals surface area (Å²) in [4.78, 5) is 0. The van der Waals surface area contributed by atoms with E-state index in [0.29, 0.717) is 0 Å². The first-order chi connectivity index (χ1) is 24.3. The molecule has 0 amide bonds. The van der Waals surface area contributed by atoms with Gasteiger partial charge in [-0.25, -0.2) is 0 Å². The minimum Gasteiger partial charge on any atom is -0.456 e. The van der Waals surface area contributed by atoms with Gasteiger partial charge in [0.1, 0.15) is 11.2 Å². The molecular weight excluding hydrogens is 593 g/mol. The molecule has 0 spiro atoms. The van der Waals surface area contributed by atoms with Crippen molar-refractivity contribution in [3.8, 4) is 44.5 Å². The van der Waals surface area contributed by atoms with Crippen molar-refractivity contribution >= 4 is 54.3 Å². The van der Waals surface area contributed by atoms with Crippen LogP contribution in [0.4, 0.5) is 0 Å². The van der Waals surface area contributed by atoms with E-state index in [2.05, 4.69) is 170 Å². The SMILES string of the molecule is c1ccc(-c2cc(-c3c4ccccc4c(-c4ccc5c(c4)oc4ccccc45)c4ccccc34)c3ccccc3c2-c2ccccc2)cc1. The van der Waals surface area contributed by atoms with Crippen LogP contribution >= 0.6 is 0 Å². The first-order valence-electron chi connectivity index (χ1n) is 16.9. The van der Waals surface area contributed by atoms with Crippen molar-refractivity contribution in [2.24, 2.45) is 0 Å². The van der Waals surface area contributed by atoms with Gasteiger partial charge in [-0.15, -0.1) is 0 Å². The quantitative estimate of drug-likeness (QED) is 0.178. The summed E-state index contributed by atoms with van der Waals surface area (Å²) < 4.78 is 6.38. The highest BCUT2D eigenvalue weighted by Gasteiger charge is 2.22. The van der Waals surface area contributed by atoms with Crippen LogP contribution in [0.1, 0.15) is 0 Å². The first-order valence-corrected chi connectivity index (χ1v) is 16.9. The maximum Gasteiger partial charge on any atom is 0.136 e. The number of fused-ring (bicyclic) bond motifs is 6. The minimum atomic E-state index is 0.908. The molecule has 1 heteroatoms. The van der Waals surface area contributed by atoms with Gasteiger partial charge in [-0.05, 0) is 101 Å². The lowest BCUT2D eigenvalue weighted by molar-refractivity contribution is 0.669. The van der Waals surface area contributed by atoms with Crippen LogP contribution in [0.3, 0.4) is 0 Å². The van der Waals surface area contributed by atoms with Crippen molar-refractivity contribution in [1.29, 1.82) is 0 Å². The third-order valence-electron chi connectivity index (χ3n) is 10.1. The largest absolute Gasteiger partial charge is 0.456 e. The van der Waals surface area contributed by atoms with E-state index >= 15 is 0 Å². The monoisotopic (exact) mass is 622 g/mol. The molecular formula is C48H30O. The van der Waals surface area contributed by atoms with E-state index in [1.807, 2.05) is 12.1 Å². The van der Waals surface area contributed by atoms with Crippen LogP contribution in [-0.4, -0.2) is 0 Å². The standard InChI is InChI=1S/C48H30O/c1-3-15-31(16-4-1)42-30-43(34-19-7-8-21-37(34)46(42)32-17-5-2-6-18-32)48-40-24-11-9-22-38(40)47(39-23-10-12-25-41(39)48)33-27-28-36-35-20-13-14-26-44(35)49-45(36)29-33/h1-30H. The number of rotatable bonds is 4. The maximum absolute atomic E-state index is 6.38. The molecule has 228 valence electrons. The molecule has 49 heavy (non-hydrogen) atoms. The normalized spacial score (nSPS) is 11.7. The van der Waals surface area contributed by atoms with Crippen LogP contribution in [-0.2, 0) is 0 Å². The molecule has 0 atom stereocenters. The van der Waals surface area contributed by atoms with Crippen molar-refractivity contribution in [2.45, 2.75) is 0 Å². The number of hydrogen-bond donors (Lipinski definition) is 0. The van der Waals surface area contributed by atoms with Crippen LogP contribution in [0.15, 0.2) is 186 Å². The highest BCUT2D eigenvalue weighted by molar-refractivity contribution is 6.25. The molecule has 0 radical (unpaired) electrons. The Bertz CT molecular complexity index is 2800. The first kappa shape index (κ1) is 27.7. The zero-order valence-corrected chi connectivity index (χ0v) is 26.7. The lowest BCUT2D eigenvalue weighted by Crippen LogP contribution is -1.94. The summed E-state index contributed by atoms with van der Waals surface area (Å²) in [5.41, 5.74) is 11.6. The van der Waals surface area contributed by atoms with Gasteiger partial charge < -0.3 is 4.42 Å². The summed E-state index contributed by atoms with van der Waals surface area (Å²) in [6.07, 6.45) is 0. The Morgan fingerprint density at radius 1 is 0.245 bits per heavy atom. The van der Waals surface area contributed by atoms with Gasteiger partial charge in [-0.3, -0.25) is 0 Å². The van der Waals surface area contributed by atoms with Crippen LogP contribution in [0.5, 0.6) is 0 Å². The summed E-state index contributed by atoms with van der Waals surface area (Å²) in [5.74, 6) is 0. The van der Waals surface area contributed by atoms with Gasteiger partial charge in [0.15, 0.2) is 0 Å². The van der Waals surface area contributed by atoms with Crippen molar-refractivity contribution in [1.82, 2.24) is 0 Å². The molecule has 0 aliphatic rings. The maximum atomic E-state index is 6.38. The third kappa shape index (κ3) is 4.33. The second-order valence-corrected chi connectivity index (χ2v) is 12.8. The molecule has 1 heterocycles. The van der Waals surface area contributed by atoms with E-state index < -0.39 is 0 Å². The van der Waals surface area contributed by atoms with Gasteiger partial charge in [-0.1, -0.05) is 158 Å². The predicted octanol–water partition coefficient (Wildman–Crippen LogP) is 13.7. The smallest absolute Gasteiger partial charge is 0.136 e. The number of hydrogen-bond acceptors (Lipinski definition) is 1. The van der Waals surface area contributed by atoms with Crippen LogP contribution in [0.2, 0.25) is 0 Å². The van der Waals surface area contributed by atoms with Gasteiger partial charge in [-0.2, -0.15) is 0 Å². The molecule has 1 aromatic heterocycles. The Morgan fingerprint density at radius 2 is 0.714 bits per heavy atom. The molecule has 1 nitrogen and oxygen atoms in total. The molecule has 10 rings (SSSR count). The Hall–Kier alpha value is -6.44. The second kappa shape index (κ2) is 11.1. The fourth-order valence-corrected chi connectivity index (χ4v) is 7.95. The fraction of sp³-hybridized carbons (Fsp3) is 0. The van der Waals surface area contributed by atoms with Crippen molar-refractivity contribution in [2.75, 3.05) is 0 Å². The van der Waals surface area contributed by atoms with Gasteiger partial charge in [0.25, 0.3) is 0 Å². The molecule has 0 aliphatic heterocycles. The van der Waals surface area contributed by atoms with Gasteiger partial charge >= 0.3 is 0 Å². The van der Waals surface area contributed by atoms with E-state index in [9.17, 15) is 0 Å². The van der Waals surface area contributed by atoms with Gasteiger partial charge in [0, 0.05) is 10.8 Å². The molecule has 0 bridgehead atoms. The predicted molar refractivity (Wildman–Crippen MR) is 208 cm³/mol. The molecule has 0 unspecified atom stereocenters. The van der Waals surface area contributed by atoms with Crippen molar-refractivity contribution in [3.63, 3.8) is 0 Å². The molecule has 0 saturated carbocycles. The lowest BCUT2D eigenvalue weighted by atomic mass is 9.81. The fourth-order valence-electron chi connectivity index (χ4n) is 7.95. The van der Waals surface area contributed by atoms with Gasteiger partial charge in [0.2, 0.25) is 0 Å². The lowest BCUT2D eigenvalue weighted by Gasteiger charge is -2.22. The summed E-state index contributed by atoms with van der Waals surface area (Å²) in [6.45, 7) is 0. The summed E-state index contributed by atoms with van der Waals surface area (Å²) in [5, 5.41) is 9.70. The highest BCUT2D eigenvalue weighted by atomic mass is 16.3. The molecule has 0 saturated heterocycles. The third-order valence-corrected chi connectivity index (χ3v) is 10.1. The second-order valence-electron chi connectivity index (χ2n) is 12.8. The highest BCUT2D eigenvalue weighted by Crippen LogP contribution is 2.49. The van der Waals surface area contributed by atoms with E-state index in [1.165, 1.54) is 71.3 Å². The van der Waals surface area contributed by atoms with E-state index in [1.54, 1.807) is 0 Å². The van der Waals surface area contributed by atoms with Gasteiger partial charge in [0.05, 0.1) is 0 Å². The molecule has 0 aliphatic carbocycles. The van der Waals surface area contributed by atoms with Crippen LogP contribution < -0.4 is 0 Å². The average molecular weight is 623 g/mol. The molecule has 10 aromatic rings.